The fourth-order valence-corrected chi connectivity index (χ4v) is 3.66. The number of rotatable bonds is 3. The molecule has 0 aliphatic carbocycles. The van der Waals surface area contributed by atoms with E-state index < -0.39 is 0 Å². The Morgan fingerprint density at radius 1 is 1.00 bits per heavy atom. The highest BCUT2D eigenvalue weighted by atomic mass is 32.2. The van der Waals surface area contributed by atoms with E-state index in [1.165, 1.54) is 22.7 Å². The minimum atomic E-state index is -0.147. The van der Waals surface area contributed by atoms with Crippen LogP contribution in [0.5, 0.6) is 0 Å². The van der Waals surface area contributed by atoms with Gasteiger partial charge < -0.3 is 0 Å². The normalized spacial score (nSPS) is 14.8. The summed E-state index contributed by atoms with van der Waals surface area (Å²) in [5, 5.41) is 17.6. The molecule has 2 aromatic rings. The first-order chi connectivity index (χ1) is 12.6. The molecule has 0 N–H and O–H groups in total. The van der Waals surface area contributed by atoms with Crippen LogP contribution in [0.15, 0.2) is 65.1 Å². The lowest BCUT2D eigenvalue weighted by Crippen LogP contribution is -2.27. The third-order valence-corrected chi connectivity index (χ3v) is 4.90. The summed E-state index contributed by atoms with van der Waals surface area (Å²) in [7, 11) is 0. The van der Waals surface area contributed by atoms with E-state index in [4.69, 9.17) is 22.7 Å². The van der Waals surface area contributed by atoms with Crippen LogP contribution in [0, 0.1) is 22.7 Å². The maximum Gasteiger partial charge on any atom is 0.270 e. The van der Waals surface area contributed by atoms with Crippen molar-refractivity contribution < 1.29 is 4.79 Å². The van der Waals surface area contributed by atoms with Gasteiger partial charge in [0.1, 0.15) is 17.7 Å². The van der Waals surface area contributed by atoms with Crippen LogP contribution in [-0.4, -0.2) is 10.2 Å². The predicted octanol–water partition coefficient (Wildman–Crippen LogP) is 4.52. The summed E-state index contributed by atoms with van der Waals surface area (Å²) in [6.07, 6.45) is 3.30. The summed E-state index contributed by atoms with van der Waals surface area (Å²) in [5.74, 6) is -0.147. The van der Waals surface area contributed by atoms with E-state index in [2.05, 4.69) is 0 Å². The van der Waals surface area contributed by atoms with Crippen molar-refractivity contribution in [3.05, 3.63) is 76.2 Å². The summed E-state index contributed by atoms with van der Waals surface area (Å²) < 4.78 is 0.500. The molecule has 1 amide bonds. The largest absolute Gasteiger partial charge is 0.270 e. The van der Waals surface area contributed by atoms with Crippen molar-refractivity contribution in [2.24, 2.45) is 0 Å². The molecule has 3 rings (SSSR count). The molecule has 4 nitrogen and oxygen atoms in total. The van der Waals surface area contributed by atoms with Gasteiger partial charge in [-0.15, -0.1) is 0 Å². The number of hydrogen-bond donors (Lipinski definition) is 0. The number of amides is 1. The number of para-hydroxylation sites is 1. The number of benzene rings is 2. The Balaban J connectivity index is 1.84. The number of anilines is 1. The standard InChI is InChI=1S/C20H11N3OS2/c21-12-16(13-22)10-14-6-8-15(9-7-14)11-18-19(24)23(20(25)26-18)17-4-2-1-3-5-17/h1-11H/b18-11-. The van der Waals surface area contributed by atoms with E-state index in [1.54, 1.807) is 18.2 Å². The number of thiocarbonyl (C=S) groups is 1. The van der Waals surface area contributed by atoms with Crippen molar-refractivity contribution in [3.63, 3.8) is 0 Å². The maximum absolute atomic E-state index is 12.7. The van der Waals surface area contributed by atoms with Gasteiger partial charge in [0.25, 0.3) is 5.91 Å². The van der Waals surface area contributed by atoms with Crippen molar-refractivity contribution in [2.75, 3.05) is 4.90 Å². The average molecular weight is 373 g/mol. The Hall–Kier alpha value is -3.19. The molecule has 0 radical (unpaired) electrons. The molecule has 0 aromatic heterocycles. The third kappa shape index (κ3) is 3.73. The molecular formula is C20H11N3OS2. The zero-order valence-corrected chi connectivity index (χ0v) is 15.1. The monoisotopic (exact) mass is 373 g/mol. The lowest BCUT2D eigenvalue weighted by atomic mass is 10.1. The molecule has 1 saturated heterocycles. The lowest BCUT2D eigenvalue weighted by Gasteiger charge is -2.13. The third-order valence-electron chi connectivity index (χ3n) is 3.59. The Kier molecular flexibility index (Phi) is 5.28. The highest BCUT2D eigenvalue weighted by Crippen LogP contribution is 2.35. The number of thioether (sulfide) groups is 1. The van der Waals surface area contributed by atoms with Gasteiger partial charge in [-0.1, -0.05) is 66.4 Å². The molecular weight excluding hydrogens is 362 g/mol. The van der Waals surface area contributed by atoms with Crippen LogP contribution in [0.2, 0.25) is 0 Å². The van der Waals surface area contributed by atoms with Crippen LogP contribution in [0.1, 0.15) is 11.1 Å². The second-order valence-corrected chi connectivity index (χ2v) is 6.98. The van der Waals surface area contributed by atoms with Gasteiger partial charge in [0.05, 0.1) is 10.6 Å². The van der Waals surface area contributed by atoms with Crippen molar-refractivity contribution in [2.45, 2.75) is 0 Å². The van der Waals surface area contributed by atoms with Crippen molar-refractivity contribution in [1.29, 1.82) is 10.5 Å². The molecule has 6 heteroatoms. The first-order valence-electron chi connectivity index (χ1n) is 7.57. The van der Waals surface area contributed by atoms with E-state index in [9.17, 15) is 4.79 Å². The van der Waals surface area contributed by atoms with Gasteiger partial charge in [-0.05, 0) is 35.4 Å². The molecule has 0 spiro atoms. The van der Waals surface area contributed by atoms with Crippen LogP contribution in [0.3, 0.4) is 0 Å². The molecule has 1 aliphatic rings. The Morgan fingerprint density at radius 2 is 1.62 bits per heavy atom. The van der Waals surface area contributed by atoms with Crippen LogP contribution < -0.4 is 4.90 Å². The molecule has 0 unspecified atom stereocenters. The summed E-state index contributed by atoms with van der Waals surface area (Å²) in [6.45, 7) is 0. The van der Waals surface area contributed by atoms with Gasteiger partial charge in [-0.25, -0.2) is 0 Å². The van der Waals surface area contributed by atoms with Crippen LogP contribution >= 0.6 is 24.0 Å². The number of nitriles is 2. The molecule has 26 heavy (non-hydrogen) atoms. The summed E-state index contributed by atoms with van der Waals surface area (Å²) in [5.41, 5.74) is 2.38. The number of nitrogens with zero attached hydrogens (tertiary/aromatic N) is 3. The van der Waals surface area contributed by atoms with Crippen LogP contribution in [0.4, 0.5) is 5.69 Å². The quantitative estimate of drug-likeness (QED) is 0.449. The van der Waals surface area contributed by atoms with E-state index >= 15 is 0 Å². The van der Waals surface area contributed by atoms with E-state index in [0.717, 1.165) is 16.8 Å². The average Bonchev–Trinajstić information content (AvgIpc) is 2.95. The molecule has 1 aliphatic heterocycles. The summed E-state index contributed by atoms with van der Waals surface area (Å²) in [6, 6.07) is 20.2. The van der Waals surface area contributed by atoms with Crippen LogP contribution in [0.25, 0.3) is 12.2 Å². The first kappa shape index (κ1) is 17.6. The van der Waals surface area contributed by atoms with E-state index in [-0.39, 0.29) is 11.5 Å². The fraction of sp³-hybridized carbons (Fsp3) is 0. The predicted molar refractivity (Wildman–Crippen MR) is 108 cm³/mol. The molecule has 124 valence electrons. The number of allylic oxidation sites excluding steroid dienone is 1. The molecule has 0 saturated carbocycles. The minimum Gasteiger partial charge on any atom is -0.268 e. The van der Waals surface area contributed by atoms with Crippen LogP contribution in [-0.2, 0) is 4.79 Å². The molecule has 1 heterocycles. The minimum absolute atomic E-state index is 0.0430. The number of hydrogen-bond acceptors (Lipinski definition) is 5. The highest BCUT2D eigenvalue weighted by molar-refractivity contribution is 8.27. The summed E-state index contributed by atoms with van der Waals surface area (Å²) in [4.78, 5) is 14.8. The van der Waals surface area contributed by atoms with Gasteiger partial charge in [0.15, 0.2) is 4.32 Å². The van der Waals surface area contributed by atoms with Crippen molar-refractivity contribution in [3.8, 4) is 12.1 Å². The second kappa shape index (κ2) is 7.79. The highest BCUT2D eigenvalue weighted by Gasteiger charge is 2.33. The van der Waals surface area contributed by atoms with Crippen molar-refractivity contribution in [1.82, 2.24) is 0 Å². The molecule has 2 aromatic carbocycles. The van der Waals surface area contributed by atoms with E-state index in [1.807, 2.05) is 54.6 Å². The number of carbonyl (C=O) groups excluding carboxylic acids is 1. The van der Waals surface area contributed by atoms with Gasteiger partial charge in [-0.3, -0.25) is 9.69 Å². The van der Waals surface area contributed by atoms with Gasteiger partial charge in [0.2, 0.25) is 0 Å². The van der Waals surface area contributed by atoms with Gasteiger partial charge in [0, 0.05) is 0 Å². The Morgan fingerprint density at radius 3 is 2.23 bits per heavy atom. The van der Waals surface area contributed by atoms with Gasteiger partial charge >= 0.3 is 0 Å². The molecule has 0 bridgehead atoms. The second-order valence-electron chi connectivity index (χ2n) is 5.30. The molecule has 1 fully saturated rings. The van der Waals surface area contributed by atoms with Crippen molar-refractivity contribution >= 4 is 52.0 Å². The Bertz CT molecular complexity index is 994. The topological polar surface area (TPSA) is 67.9 Å². The molecule has 0 atom stereocenters. The lowest BCUT2D eigenvalue weighted by molar-refractivity contribution is -0.113. The number of carbonyl (C=O) groups is 1. The maximum atomic E-state index is 12.7. The SMILES string of the molecule is N#CC(C#N)=Cc1ccc(/C=C2\SC(=S)N(c3ccccc3)C2=O)cc1. The van der Waals surface area contributed by atoms with Gasteiger partial charge in [-0.2, -0.15) is 10.5 Å². The Labute approximate surface area is 160 Å². The smallest absolute Gasteiger partial charge is 0.268 e. The zero-order valence-electron chi connectivity index (χ0n) is 13.4. The summed E-state index contributed by atoms with van der Waals surface area (Å²) >= 11 is 6.61. The first-order valence-corrected chi connectivity index (χ1v) is 8.80. The fourth-order valence-electron chi connectivity index (χ4n) is 2.36. The zero-order chi connectivity index (χ0) is 18.5. The van der Waals surface area contributed by atoms with E-state index in [0.29, 0.717) is 9.23 Å².